The van der Waals surface area contributed by atoms with Crippen LogP contribution in [0.2, 0.25) is 0 Å². The molecule has 0 aromatic carbocycles. The van der Waals surface area contributed by atoms with E-state index in [4.69, 9.17) is 5.73 Å². The third kappa shape index (κ3) is 2.44. The molecule has 0 amide bonds. The van der Waals surface area contributed by atoms with Crippen molar-refractivity contribution < 1.29 is 0 Å². The first-order chi connectivity index (χ1) is 8.02. The van der Waals surface area contributed by atoms with Gasteiger partial charge in [0.05, 0.1) is 9.26 Å². The second kappa shape index (κ2) is 4.89. The SMILES string of the molecule is CCc1nc(-c2cc(C)sc2C)nc(N)c1I. The molecule has 0 radical (unpaired) electrons. The Kier molecular flexibility index (Phi) is 3.67. The lowest BCUT2D eigenvalue weighted by Crippen LogP contribution is -2.04. The van der Waals surface area contributed by atoms with Gasteiger partial charge in [-0.2, -0.15) is 0 Å². The van der Waals surface area contributed by atoms with Crippen molar-refractivity contribution in [1.29, 1.82) is 0 Å². The lowest BCUT2D eigenvalue weighted by molar-refractivity contribution is 0.994. The summed E-state index contributed by atoms with van der Waals surface area (Å²) in [5.41, 5.74) is 8.06. The zero-order valence-corrected chi connectivity index (χ0v) is 13.0. The van der Waals surface area contributed by atoms with Crippen LogP contribution in [-0.4, -0.2) is 9.97 Å². The van der Waals surface area contributed by atoms with Gasteiger partial charge in [0, 0.05) is 15.3 Å². The summed E-state index contributed by atoms with van der Waals surface area (Å²) >= 11 is 3.97. The monoisotopic (exact) mass is 359 g/mol. The molecule has 0 saturated heterocycles. The summed E-state index contributed by atoms with van der Waals surface area (Å²) in [5, 5.41) is 0. The van der Waals surface area contributed by atoms with E-state index in [1.54, 1.807) is 11.3 Å². The van der Waals surface area contributed by atoms with Crippen molar-refractivity contribution in [2.45, 2.75) is 27.2 Å². The van der Waals surface area contributed by atoms with Gasteiger partial charge in [0.25, 0.3) is 0 Å². The van der Waals surface area contributed by atoms with Gasteiger partial charge < -0.3 is 5.73 Å². The van der Waals surface area contributed by atoms with E-state index in [2.05, 4.69) is 59.4 Å². The summed E-state index contributed by atoms with van der Waals surface area (Å²) in [6, 6.07) is 2.13. The molecule has 0 spiro atoms. The fraction of sp³-hybridized carbons (Fsp3) is 0.333. The highest BCUT2D eigenvalue weighted by Gasteiger charge is 2.13. The normalized spacial score (nSPS) is 10.8. The minimum atomic E-state index is 0.579. The molecule has 17 heavy (non-hydrogen) atoms. The van der Waals surface area contributed by atoms with Crippen molar-refractivity contribution in [3.8, 4) is 11.4 Å². The molecule has 0 unspecified atom stereocenters. The molecule has 0 aliphatic heterocycles. The maximum absolute atomic E-state index is 5.94. The van der Waals surface area contributed by atoms with Crippen molar-refractivity contribution in [2.24, 2.45) is 0 Å². The van der Waals surface area contributed by atoms with Crippen LogP contribution in [0.4, 0.5) is 5.82 Å². The van der Waals surface area contributed by atoms with Gasteiger partial charge >= 0.3 is 0 Å². The second-order valence-corrected chi connectivity index (χ2v) is 6.41. The Hall–Kier alpha value is -0.690. The van der Waals surface area contributed by atoms with Crippen molar-refractivity contribution in [3.63, 3.8) is 0 Å². The molecule has 90 valence electrons. The molecular formula is C12H14IN3S. The first-order valence-electron chi connectivity index (χ1n) is 5.42. The minimum absolute atomic E-state index is 0.579. The van der Waals surface area contributed by atoms with Crippen LogP contribution in [0.25, 0.3) is 11.4 Å². The summed E-state index contributed by atoms with van der Waals surface area (Å²) in [6.45, 7) is 6.27. The maximum Gasteiger partial charge on any atom is 0.162 e. The van der Waals surface area contributed by atoms with Gasteiger partial charge in [-0.3, -0.25) is 0 Å². The van der Waals surface area contributed by atoms with Crippen LogP contribution >= 0.6 is 33.9 Å². The van der Waals surface area contributed by atoms with E-state index < -0.39 is 0 Å². The Morgan fingerprint density at radius 2 is 2.06 bits per heavy atom. The smallest absolute Gasteiger partial charge is 0.162 e. The summed E-state index contributed by atoms with van der Waals surface area (Å²) in [6.07, 6.45) is 0.875. The van der Waals surface area contributed by atoms with Gasteiger partial charge in [0.15, 0.2) is 5.82 Å². The number of rotatable bonds is 2. The summed E-state index contributed by atoms with van der Waals surface area (Å²) in [7, 11) is 0. The summed E-state index contributed by atoms with van der Waals surface area (Å²) in [5.74, 6) is 1.33. The van der Waals surface area contributed by atoms with Crippen LogP contribution in [-0.2, 0) is 6.42 Å². The standard InChI is InChI=1S/C12H14IN3S/c1-4-9-10(13)11(14)16-12(15-9)8-5-6(2)17-7(8)3/h5H,4H2,1-3H3,(H2,14,15,16). The third-order valence-electron chi connectivity index (χ3n) is 2.56. The largest absolute Gasteiger partial charge is 0.383 e. The molecule has 0 saturated carbocycles. The lowest BCUT2D eigenvalue weighted by atomic mass is 10.2. The van der Waals surface area contributed by atoms with Crippen molar-refractivity contribution >= 4 is 39.7 Å². The lowest BCUT2D eigenvalue weighted by Gasteiger charge is -2.07. The van der Waals surface area contributed by atoms with Gasteiger partial charge in [0.1, 0.15) is 5.82 Å². The van der Waals surface area contributed by atoms with Crippen LogP contribution in [0, 0.1) is 17.4 Å². The molecule has 5 heteroatoms. The first-order valence-corrected chi connectivity index (χ1v) is 7.31. The van der Waals surface area contributed by atoms with Crippen LogP contribution in [0.3, 0.4) is 0 Å². The average molecular weight is 359 g/mol. The predicted octanol–water partition coefficient (Wildman–Crippen LogP) is 3.57. The molecular weight excluding hydrogens is 345 g/mol. The van der Waals surface area contributed by atoms with Crippen LogP contribution in [0.5, 0.6) is 0 Å². The quantitative estimate of drug-likeness (QED) is 0.834. The number of nitrogens with two attached hydrogens (primary N) is 1. The maximum atomic E-state index is 5.94. The average Bonchev–Trinajstić information content (AvgIpc) is 2.61. The van der Waals surface area contributed by atoms with Gasteiger partial charge in [-0.1, -0.05) is 6.92 Å². The van der Waals surface area contributed by atoms with Crippen molar-refractivity contribution in [3.05, 3.63) is 25.1 Å². The number of nitrogen functional groups attached to an aromatic ring is 1. The third-order valence-corrected chi connectivity index (χ3v) is 4.70. The first kappa shape index (κ1) is 12.8. The molecule has 0 fully saturated rings. The Labute approximate surface area is 119 Å². The van der Waals surface area contributed by atoms with E-state index in [9.17, 15) is 0 Å². The molecule has 2 aromatic heterocycles. The molecule has 0 atom stereocenters. The fourth-order valence-corrected chi connectivity index (χ4v) is 3.26. The Morgan fingerprint density at radius 1 is 1.35 bits per heavy atom. The van der Waals surface area contributed by atoms with E-state index in [-0.39, 0.29) is 0 Å². The van der Waals surface area contributed by atoms with E-state index >= 15 is 0 Å². The number of thiophene rings is 1. The molecule has 2 N–H and O–H groups in total. The molecule has 3 nitrogen and oxygen atoms in total. The zero-order chi connectivity index (χ0) is 12.6. The van der Waals surface area contributed by atoms with Gasteiger partial charge in [-0.25, -0.2) is 9.97 Å². The van der Waals surface area contributed by atoms with E-state index in [1.807, 2.05) is 0 Å². The highest BCUT2D eigenvalue weighted by Crippen LogP contribution is 2.30. The number of hydrogen-bond donors (Lipinski definition) is 1. The highest BCUT2D eigenvalue weighted by molar-refractivity contribution is 14.1. The Morgan fingerprint density at radius 3 is 2.59 bits per heavy atom. The number of anilines is 1. The van der Waals surface area contributed by atoms with Gasteiger partial charge in [-0.15, -0.1) is 11.3 Å². The van der Waals surface area contributed by atoms with Crippen molar-refractivity contribution in [1.82, 2.24) is 9.97 Å². The number of nitrogens with zero attached hydrogens (tertiary/aromatic N) is 2. The molecule has 2 rings (SSSR count). The molecule has 0 aliphatic rings. The molecule has 2 aromatic rings. The summed E-state index contributed by atoms with van der Waals surface area (Å²) < 4.78 is 0.971. The fourth-order valence-electron chi connectivity index (χ4n) is 1.72. The van der Waals surface area contributed by atoms with Crippen LogP contribution < -0.4 is 5.73 Å². The number of hydrogen-bond acceptors (Lipinski definition) is 4. The minimum Gasteiger partial charge on any atom is -0.383 e. The van der Waals surface area contributed by atoms with Crippen LogP contribution in [0.15, 0.2) is 6.07 Å². The van der Waals surface area contributed by atoms with Gasteiger partial charge in [-0.05, 0) is 48.9 Å². The second-order valence-electron chi connectivity index (χ2n) is 3.87. The van der Waals surface area contributed by atoms with Crippen molar-refractivity contribution in [2.75, 3.05) is 5.73 Å². The number of aryl methyl sites for hydroxylation is 3. The Balaban J connectivity index is 2.60. The van der Waals surface area contributed by atoms with E-state index in [0.717, 1.165) is 27.1 Å². The molecule has 0 bridgehead atoms. The van der Waals surface area contributed by atoms with E-state index in [1.165, 1.54) is 9.75 Å². The number of aromatic nitrogens is 2. The zero-order valence-electron chi connectivity index (χ0n) is 10.0. The van der Waals surface area contributed by atoms with E-state index in [0.29, 0.717) is 5.82 Å². The topological polar surface area (TPSA) is 51.8 Å². The molecule has 0 aliphatic carbocycles. The number of halogens is 1. The Bertz CT molecular complexity index is 563. The molecule has 2 heterocycles. The van der Waals surface area contributed by atoms with Gasteiger partial charge in [0.2, 0.25) is 0 Å². The van der Waals surface area contributed by atoms with Crippen LogP contribution in [0.1, 0.15) is 22.4 Å². The summed E-state index contributed by atoms with van der Waals surface area (Å²) in [4.78, 5) is 11.5. The predicted molar refractivity (Wildman–Crippen MR) is 81.3 cm³/mol. The highest BCUT2D eigenvalue weighted by atomic mass is 127.